The smallest absolute Gasteiger partial charge is 0.124 e. The van der Waals surface area contributed by atoms with Gasteiger partial charge in [-0.25, -0.2) is 4.39 Å². The number of hydrogen-bond acceptors (Lipinski definition) is 2. The van der Waals surface area contributed by atoms with Gasteiger partial charge in [-0.2, -0.15) is 0 Å². The van der Waals surface area contributed by atoms with E-state index in [1.807, 2.05) is 26.0 Å². The van der Waals surface area contributed by atoms with Gasteiger partial charge < -0.3 is 10.5 Å². The Labute approximate surface area is 90.2 Å². The standard InChI is InChI=1S/C12H18FNO/c1-12(2,14)7-9-4-5-11(15-3)10(6-9)8-13/h4-6H,7-8,14H2,1-3H3. The predicted molar refractivity (Wildman–Crippen MR) is 59.8 cm³/mol. The Bertz CT molecular complexity index is 331. The lowest BCUT2D eigenvalue weighted by Gasteiger charge is -2.19. The van der Waals surface area contributed by atoms with Crippen molar-refractivity contribution in [1.29, 1.82) is 0 Å². The zero-order valence-corrected chi connectivity index (χ0v) is 9.51. The highest BCUT2D eigenvalue weighted by molar-refractivity contribution is 5.37. The van der Waals surface area contributed by atoms with E-state index < -0.39 is 6.67 Å². The van der Waals surface area contributed by atoms with Crippen molar-refractivity contribution in [2.24, 2.45) is 5.73 Å². The molecule has 2 nitrogen and oxygen atoms in total. The van der Waals surface area contributed by atoms with Crippen LogP contribution < -0.4 is 10.5 Å². The fourth-order valence-electron chi connectivity index (χ4n) is 1.57. The van der Waals surface area contributed by atoms with Gasteiger partial charge in [0.15, 0.2) is 0 Å². The molecule has 3 heteroatoms. The summed E-state index contributed by atoms with van der Waals surface area (Å²) < 4.78 is 17.7. The molecular weight excluding hydrogens is 193 g/mol. The summed E-state index contributed by atoms with van der Waals surface area (Å²) in [5.74, 6) is 0.594. The quantitative estimate of drug-likeness (QED) is 0.830. The minimum atomic E-state index is -0.512. The second-order valence-corrected chi connectivity index (χ2v) is 4.45. The van der Waals surface area contributed by atoms with E-state index in [-0.39, 0.29) is 5.54 Å². The Balaban J connectivity index is 2.93. The molecule has 0 bridgehead atoms. The molecular formula is C12H18FNO. The van der Waals surface area contributed by atoms with Gasteiger partial charge in [-0.05, 0) is 38.0 Å². The third-order valence-electron chi connectivity index (χ3n) is 2.15. The summed E-state index contributed by atoms with van der Waals surface area (Å²) >= 11 is 0. The molecule has 1 aromatic carbocycles. The van der Waals surface area contributed by atoms with Crippen LogP contribution in [0, 0.1) is 0 Å². The van der Waals surface area contributed by atoms with E-state index in [0.29, 0.717) is 11.3 Å². The SMILES string of the molecule is COc1ccc(CC(C)(C)N)cc1CF. The number of hydrogen-bond donors (Lipinski definition) is 1. The monoisotopic (exact) mass is 211 g/mol. The van der Waals surface area contributed by atoms with Crippen LogP contribution in [0.1, 0.15) is 25.0 Å². The highest BCUT2D eigenvalue weighted by Gasteiger charge is 2.13. The molecule has 0 heterocycles. The number of ether oxygens (including phenoxy) is 1. The van der Waals surface area contributed by atoms with Crippen molar-refractivity contribution in [1.82, 2.24) is 0 Å². The summed E-state index contributed by atoms with van der Waals surface area (Å²) in [5.41, 5.74) is 7.25. The van der Waals surface area contributed by atoms with E-state index in [9.17, 15) is 4.39 Å². The van der Waals surface area contributed by atoms with Crippen LogP contribution in [-0.4, -0.2) is 12.6 Å². The topological polar surface area (TPSA) is 35.2 Å². The number of rotatable bonds is 4. The third-order valence-corrected chi connectivity index (χ3v) is 2.15. The second kappa shape index (κ2) is 4.62. The highest BCUT2D eigenvalue weighted by atomic mass is 19.1. The molecule has 84 valence electrons. The maximum Gasteiger partial charge on any atom is 0.124 e. The van der Waals surface area contributed by atoms with Gasteiger partial charge in [-0.15, -0.1) is 0 Å². The first kappa shape index (κ1) is 12.0. The van der Waals surface area contributed by atoms with Crippen LogP contribution in [0.25, 0.3) is 0 Å². The van der Waals surface area contributed by atoms with Gasteiger partial charge >= 0.3 is 0 Å². The lowest BCUT2D eigenvalue weighted by molar-refractivity contribution is 0.393. The van der Waals surface area contributed by atoms with Gasteiger partial charge in [0.1, 0.15) is 12.4 Å². The highest BCUT2D eigenvalue weighted by Crippen LogP contribution is 2.22. The summed E-state index contributed by atoms with van der Waals surface area (Å²) in [6.07, 6.45) is 0.726. The van der Waals surface area contributed by atoms with Crippen molar-refractivity contribution in [3.05, 3.63) is 29.3 Å². The number of methoxy groups -OCH3 is 1. The first-order chi connectivity index (χ1) is 6.96. The summed E-state index contributed by atoms with van der Waals surface area (Å²) in [4.78, 5) is 0. The van der Waals surface area contributed by atoms with Crippen LogP contribution in [0.5, 0.6) is 5.75 Å². The molecule has 0 fully saturated rings. The van der Waals surface area contributed by atoms with Crippen molar-refractivity contribution in [3.8, 4) is 5.75 Å². The predicted octanol–water partition coefficient (Wildman–Crippen LogP) is 2.44. The number of benzene rings is 1. The fourth-order valence-corrected chi connectivity index (χ4v) is 1.57. The van der Waals surface area contributed by atoms with Gasteiger partial charge in [0.05, 0.1) is 7.11 Å². The Kier molecular flexibility index (Phi) is 3.69. The first-order valence-corrected chi connectivity index (χ1v) is 4.97. The first-order valence-electron chi connectivity index (χ1n) is 4.97. The van der Waals surface area contributed by atoms with Gasteiger partial charge in [0, 0.05) is 11.1 Å². The molecule has 0 saturated heterocycles. The van der Waals surface area contributed by atoms with Crippen LogP contribution in [0.3, 0.4) is 0 Å². The van der Waals surface area contributed by atoms with Crippen molar-refractivity contribution < 1.29 is 9.13 Å². The minimum absolute atomic E-state index is 0.276. The van der Waals surface area contributed by atoms with Gasteiger partial charge in [0.25, 0.3) is 0 Å². The average molecular weight is 211 g/mol. The Morgan fingerprint density at radius 2 is 2.07 bits per heavy atom. The van der Waals surface area contributed by atoms with Gasteiger partial charge in [0.2, 0.25) is 0 Å². The zero-order valence-electron chi connectivity index (χ0n) is 9.51. The summed E-state index contributed by atoms with van der Waals surface area (Å²) in [6.45, 7) is 3.39. The Morgan fingerprint density at radius 3 is 2.53 bits per heavy atom. The largest absolute Gasteiger partial charge is 0.496 e. The van der Waals surface area contributed by atoms with Crippen molar-refractivity contribution in [3.63, 3.8) is 0 Å². The third kappa shape index (κ3) is 3.51. The Hall–Kier alpha value is -1.09. The number of alkyl halides is 1. The lowest BCUT2D eigenvalue weighted by atomic mass is 9.95. The maximum atomic E-state index is 12.7. The fraction of sp³-hybridized carbons (Fsp3) is 0.500. The van der Waals surface area contributed by atoms with Crippen molar-refractivity contribution >= 4 is 0 Å². The van der Waals surface area contributed by atoms with E-state index in [4.69, 9.17) is 10.5 Å². The molecule has 0 aliphatic carbocycles. The van der Waals surface area contributed by atoms with E-state index in [1.54, 1.807) is 13.2 Å². The van der Waals surface area contributed by atoms with Crippen molar-refractivity contribution in [2.45, 2.75) is 32.5 Å². The zero-order chi connectivity index (χ0) is 11.5. The van der Waals surface area contributed by atoms with Gasteiger partial charge in [-0.1, -0.05) is 6.07 Å². The molecule has 1 rings (SSSR count). The molecule has 0 amide bonds. The molecule has 0 saturated carbocycles. The molecule has 0 aliphatic heterocycles. The van der Waals surface area contributed by atoms with Crippen LogP contribution in [0.15, 0.2) is 18.2 Å². The molecule has 0 aromatic heterocycles. The van der Waals surface area contributed by atoms with Gasteiger partial charge in [-0.3, -0.25) is 0 Å². The van der Waals surface area contributed by atoms with E-state index in [1.165, 1.54) is 0 Å². The van der Waals surface area contributed by atoms with Crippen LogP contribution in [-0.2, 0) is 13.1 Å². The molecule has 0 spiro atoms. The maximum absolute atomic E-state index is 12.7. The molecule has 0 aliphatic rings. The molecule has 1 aromatic rings. The Morgan fingerprint density at radius 1 is 1.40 bits per heavy atom. The average Bonchev–Trinajstić information content (AvgIpc) is 2.15. The summed E-state index contributed by atoms with van der Waals surface area (Å²) in [6, 6.07) is 5.52. The molecule has 15 heavy (non-hydrogen) atoms. The molecule has 2 N–H and O–H groups in total. The number of halogens is 1. The minimum Gasteiger partial charge on any atom is -0.496 e. The van der Waals surface area contributed by atoms with Crippen molar-refractivity contribution in [2.75, 3.05) is 7.11 Å². The summed E-state index contributed by atoms with van der Waals surface area (Å²) in [7, 11) is 1.54. The van der Waals surface area contributed by atoms with Crippen LogP contribution in [0.4, 0.5) is 4.39 Å². The normalized spacial score (nSPS) is 11.5. The van der Waals surface area contributed by atoms with Crippen LogP contribution in [0.2, 0.25) is 0 Å². The van der Waals surface area contributed by atoms with E-state index in [0.717, 1.165) is 12.0 Å². The number of nitrogens with two attached hydrogens (primary N) is 1. The molecule has 0 atom stereocenters. The van der Waals surface area contributed by atoms with E-state index in [2.05, 4.69) is 0 Å². The molecule has 0 radical (unpaired) electrons. The molecule has 0 unspecified atom stereocenters. The van der Waals surface area contributed by atoms with E-state index >= 15 is 0 Å². The summed E-state index contributed by atoms with van der Waals surface area (Å²) in [5, 5.41) is 0. The lowest BCUT2D eigenvalue weighted by Crippen LogP contribution is -2.34. The van der Waals surface area contributed by atoms with Crippen LogP contribution >= 0.6 is 0 Å². The second-order valence-electron chi connectivity index (χ2n) is 4.45.